The Bertz CT molecular complexity index is 1620. The number of H-pyrrole nitrogens is 2. The molecule has 0 aliphatic carbocycles. The summed E-state index contributed by atoms with van der Waals surface area (Å²) in [5.74, 6) is -1.69. The van der Waals surface area contributed by atoms with Gasteiger partial charge in [0.1, 0.15) is 0 Å². The third-order valence-electron chi connectivity index (χ3n) is 9.13. The lowest BCUT2D eigenvalue weighted by atomic mass is 9.96. The molecule has 8 bridgehead atoms. The first kappa shape index (κ1) is 29.0. The molecule has 0 fully saturated rings. The summed E-state index contributed by atoms with van der Waals surface area (Å²) in [7, 11) is 0. The molecule has 3 aliphatic rings. The molecular formula is C34H40N4O4. The lowest BCUT2D eigenvalue weighted by Gasteiger charge is -2.15. The summed E-state index contributed by atoms with van der Waals surface area (Å²) in [4.78, 5) is 30.4. The molecule has 5 heterocycles. The average molecular weight is 569 g/mol. The van der Waals surface area contributed by atoms with Gasteiger partial charge in [-0.3, -0.25) is 9.59 Å². The van der Waals surface area contributed by atoms with Gasteiger partial charge in [-0.05, 0) is 97.2 Å². The molecule has 8 heteroatoms. The van der Waals surface area contributed by atoms with Crippen molar-refractivity contribution in [2.75, 3.05) is 0 Å². The van der Waals surface area contributed by atoms with E-state index in [1.807, 2.05) is 25.2 Å². The van der Waals surface area contributed by atoms with Gasteiger partial charge in [0.15, 0.2) is 0 Å². The van der Waals surface area contributed by atoms with Crippen molar-refractivity contribution in [3.8, 4) is 0 Å². The number of aromatic nitrogens is 2. The van der Waals surface area contributed by atoms with Crippen LogP contribution < -0.4 is 10.6 Å². The van der Waals surface area contributed by atoms with E-state index in [2.05, 4.69) is 60.6 Å². The normalized spacial score (nSPS) is 22.2. The van der Waals surface area contributed by atoms with E-state index in [0.29, 0.717) is 19.3 Å². The van der Waals surface area contributed by atoms with Gasteiger partial charge in [0, 0.05) is 59.9 Å². The molecular weight excluding hydrogens is 528 g/mol. The number of allylic oxidation sites excluding steroid dienone is 2. The van der Waals surface area contributed by atoms with Crippen molar-refractivity contribution in [1.82, 2.24) is 20.6 Å². The van der Waals surface area contributed by atoms with E-state index in [-0.39, 0.29) is 24.9 Å². The van der Waals surface area contributed by atoms with Crippen LogP contribution in [0.4, 0.5) is 0 Å². The smallest absolute Gasteiger partial charge is 0.303 e. The molecule has 5 rings (SSSR count). The predicted molar refractivity (Wildman–Crippen MR) is 167 cm³/mol. The van der Waals surface area contributed by atoms with Gasteiger partial charge in [0.2, 0.25) is 0 Å². The Hall–Kier alpha value is -4.46. The Labute approximate surface area is 246 Å². The number of hydrogen-bond donors (Lipinski definition) is 6. The summed E-state index contributed by atoms with van der Waals surface area (Å²) in [6.45, 7) is 16.5. The van der Waals surface area contributed by atoms with Gasteiger partial charge in [-0.1, -0.05) is 25.3 Å². The van der Waals surface area contributed by atoms with Crippen molar-refractivity contribution < 1.29 is 19.8 Å². The second-order valence-corrected chi connectivity index (χ2v) is 11.5. The molecule has 0 spiro atoms. The first-order chi connectivity index (χ1) is 20.0. The van der Waals surface area contributed by atoms with Gasteiger partial charge in [0.25, 0.3) is 0 Å². The molecule has 0 saturated heterocycles. The summed E-state index contributed by atoms with van der Waals surface area (Å²) in [5.41, 5.74) is 14.5. The number of hydrogen-bond acceptors (Lipinski definition) is 4. The monoisotopic (exact) mass is 568 g/mol. The molecule has 3 aliphatic heterocycles. The maximum atomic E-state index is 11.6. The molecule has 0 radical (unpaired) electrons. The quantitative estimate of drug-likeness (QED) is 0.241. The molecule has 8 nitrogen and oxygen atoms in total. The molecule has 0 amide bonds. The number of nitrogens with one attached hydrogen (secondary N) is 4. The topological polar surface area (TPSA) is 130 Å². The zero-order valence-electron chi connectivity index (χ0n) is 24.8. The van der Waals surface area contributed by atoms with E-state index >= 15 is 0 Å². The van der Waals surface area contributed by atoms with Gasteiger partial charge in [-0.2, -0.15) is 0 Å². The fourth-order valence-electron chi connectivity index (χ4n) is 6.67. The van der Waals surface area contributed by atoms with E-state index in [0.717, 1.165) is 79.6 Å². The number of aliphatic carboxylic acids is 2. The third kappa shape index (κ3) is 5.29. The zero-order chi connectivity index (χ0) is 30.3. The van der Waals surface area contributed by atoms with Crippen molar-refractivity contribution in [3.63, 3.8) is 0 Å². The Kier molecular flexibility index (Phi) is 7.91. The molecule has 2 atom stereocenters. The second-order valence-electron chi connectivity index (χ2n) is 11.5. The third-order valence-corrected chi connectivity index (χ3v) is 9.13. The molecule has 42 heavy (non-hydrogen) atoms. The number of carbonyl (C=O) groups is 2. The first-order valence-corrected chi connectivity index (χ1v) is 14.5. The minimum atomic E-state index is -0.849. The van der Waals surface area contributed by atoms with Gasteiger partial charge in [-0.25, -0.2) is 0 Å². The molecule has 2 aromatic rings. The molecule has 0 aromatic carbocycles. The number of fused-ring (bicyclic) bond motifs is 8. The van der Waals surface area contributed by atoms with Crippen LogP contribution in [0.1, 0.15) is 78.1 Å². The standard InChI is InChI=1S/C34H40N4O4/c1-7-21-17(3)25-13-26-19(5)23(9-11-33(39)40)31(37-26)16-32-24(10-12-34(41)42)20(6)28(38-32)15-30-22(8-2)18(4)27(36-30)14-29(21)35-25/h7-8,13,16,28-29,35-38H,1-2,9-12,14-15H2,3-6H3,(H,39,40)(H,41,42)/b25-13-,32-16-/t28-,29-/m1/s1. The van der Waals surface area contributed by atoms with Crippen LogP contribution in [-0.2, 0) is 28.9 Å². The van der Waals surface area contributed by atoms with Crippen LogP contribution in [0.2, 0.25) is 0 Å². The zero-order valence-corrected chi connectivity index (χ0v) is 24.8. The molecule has 220 valence electrons. The minimum absolute atomic E-state index is 0.0140. The number of rotatable bonds is 8. The number of carboxylic acids is 2. The second kappa shape index (κ2) is 11.4. The molecule has 6 N–H and O–H groups in total. The molecule has 0 saturated carbocycles. The first-order valence-electron chi connectivity index (χ1n) is 14.5. The highest BCUT2D eigenvalue weighted by molar-refractivity contribution is 5.72. The van der Waals surface area contributed by atoms with E-state index in [1.54, 1.807) is 0 Å². The summed E-state index contributed by atoms with van der Waals surface area (Å²) in [6, 6.07) is 0.0172. The van der Waals surface area contributed by atoms with Crippen molar-refractivity contribution in [1.29, 1.82) is 0 Å². The van der Waals surface area contributed by atoms with Gasteiger partial charge < -0.3 is 30.8 Å². The Morgan fingerprint density at radius 1 is 0.833 bits per heavy atom. The van der Waals surface area contributed by atoms with Crippen LogP contribution in [0.3, 0.4) is 0 Å². The van der Waals surface area contributed by atoms with E-state index < -0.39 is 11.9 Å². The number of aromatic amines is 2. The maximum Gasteiger partial charge on any atom is 0.303 e. The molecule has 0 unspecified atom stereocenters. The van der Waals surface area contributed by atoms with Crippen molar-refractivity contribution in [3.05, 3.63) is 97.9 Å². The lowest BCUT2D eigenvalue weighted by Crippen LogP contribution is -2.27. The fourth-order valence-corrected chi connectivity index (χ4v) is 6.67. The summed E-state index contributed by atoms with van der Waals surface area (Å²) >= 11 is 0. The Morgan fingerprint density at radius 2 is 1.48 bits per heavy atom. The van der Waals surface area contributed by atoms with Gasteiger partial charge >= 0.3 is 11.9 Å². The van der Waals surface area contributed by atoms with Crippen LogP contribution in [0.5, 0.6) is 0 Å². The van der Waals surface area contributed by atoms with Crippen LogP contribution in [-0.4, -0.2) is 44.2 Å². The SMILES string of the molecule is C=CC1=C(C)/C2=C/c3[nH]c(c(CCC(=O)O)c3C)/C=C3\N[C@H](Cc4[nH]c(c(C)c4C=C)C[C@H]1N2)C(C)=C3CCC(=O)O. The summed E-state index contributed by atoms with van der Waals surface area (Å²) in [6.07, 6.45) is 10.2. The van der Waals surface area contributed by atoms with E-state index in [4.69, 9.17) is 0 Å². The van der Waals surface area contributed by atoms with E-state index in [1.165, 1.54) is 5.56 Å². The largest absolute Gasteiger partial charge is 0.481 e. The van der Waals surface area contributed by atoms with Gasteiger partial charge in [-0.15, -0.1) is 0 Å². The van der Waals surface area contributed by atoms with Crippen molar-refractivity contribution >= 4 is 30.2 Å². The number of carboxylic acid groups (broad SMARTS) is 2. The lowest BCUT2D eigenvalue weighted by molar-refractivity contribution is -0.138. The summed E-state index contributed by atoms with van der Waals surface area (Å²) < 4.78 is 0. The van der Waals surface area contributed by atoms with Crippen molar-refractivity contribution in [2.24, 2.45) is 0 Å². The van der Waals surface area contributed by atoms with Crippen LogP contribution >= 0.6 is 0 Å². The fraction of sp³-hybridized carbons (Fsp3) is 0.353. The highest BCUT2D eigenvalue weighted by Gasteiger charge is 2.31. The maximum absolute atomic E-state index is 11.6. The predicted octanol–water partition coefficient (Wildman–Crippen LogP) is 5.73. The minimum Gasteiger partial charge on any atom is -0.481 e. The van der Waals surface area contributed by atoms with Gasteiger partial charge in [0.05, 0.1) is 12.1 Å². The average Bonchev–Trinajstić information content (AvgIpc) is 3.59. The Balaban J connectivity index is 1.72. The van der Waals surface area contributed by atoms with Crippen LogP contribution in [0.25, 0.3) is 18.2 Å². The van der Waals surface area contributed by atoms with E-state index in [9.17, 15) is 19.8 Å². The highest BCUT2D eigenvalue weighted by atomic mass is 16.4. The van der Waals surface area contributed by atoms with Crippen LogP contribution in [0, 0.1) is 13.8 Å². The summed E-state index contributed by atoms with van der Waals surface area (Å²) in [5, 5.41) is 26.4. The molecule has 2 aromatic heterocycles. The highest BCUT2D eigenvalue weighted by Crippen LogP contribution is 2.36. The van der Waals surface area contributed by atoms with Crippen LogP contribution in [0.15, 0.2) is 52.9 Å². The Morgan fingerprint density at radius 3 is 2.14 bits per heavy atom. The van der Waals surface area contributed by atoms with Crippen molar-refractivity contribution in [2.45, 2.75) is 78.3 Å².